The molecular formula is C7H16O3. The summed E-state index contributed by atoms with van der Waals surface area (Å²) < 4.78 is 9.91. The highest BCUT2D eigenvalue weighted by molar-refractivity contribution is 4.67. The van der Waals surface area contributed by atoms with Gasteiger partial charge < -0.3 is 14.6 Å². The van der Waals surface area contributed by atoms with E-state index in [1.54, 1.807) is 13.8 Å². The molecule has 0 rings (SSSR count). The van der Waals surface area contributed by atoms with Gasteiger partial charge in [-0.3, -0.25) is 0 Å². The first-order valence-corrected chi connectivity index (χ1v) is 3.43. The number of hydrogen-bond donors (Lipinski definition) is 1. The van der Waals surface area contributed by atoms with E-state index in [1.807, 2.05) is 6.92 Å². The van der Waals surface area contributed by atoms with E-state index in [0.717, 1.165) is 0 Å². The van der Waals surface area contributed by atoms with Crippen LogP contribution in [0, 0.1) is 0 Å². The molecule has 3 heteroatoms. The molecule has 2 unspecified atom stereocenters. The van der Waals surface area contributed by atoms with E-state index in [-0.39, 0.29) is 6.10 Å². The summed E-state index contributed by atoms with van der Waals surface area (Å²) in [6, 6.07) is 0. The number of rotatable bonds is 4. The molecule has 0 aromatic carbocycles. The first kappa shape index (κ1) is 9.88. The van der Waals surface area contributed by atoms with Crippen LogP contribution in [-0.2, 0) is 9.47 Å². The van der Waals surface area contributed by atoms with Crippen LogP contribution >= 0.6 is 0 Å². The van der Waals surface area contributed by atoms with Crippen LogP contribution < -0.4 is 0 Å². The molecule has 0 aliphatic carbocycles. The van der Waals surface area contributed by atoms with Gasteiger partial charge in [-0.15, -0.1) is 0 Å². The van der Waals surface area contributed by atoms with Crippen molar-refractivity contribution in [1.29, 1.82) is 0 Å². The second-order valence-corrected chi connectivity index (χ2v) is 2.37. The van der Waals surface area contributed by atoms with Crippen LogP contribution in [-0.4, -0.2) is 30.7 Å². The summed E-state index contributed by atoms with van der Waals surface area (Å²) in [4.78, 5) is 0. The molecule has 62 valence electrons. The Kier molecular flexibility index (Phi) is 3.86. The van der Waals surface area contributed by atoms with Crippen molar-refractivity contribution >= 4 is 0 Å². The zero-order valence-corrected chi connectivity index (χ0v) is 7.05. The average Bonchev–Trinajstić information content (AvgIpc) is 1.86. The lowest BCUT2D eigenvalue weighted by Gasteiger charge is -2.28. The van der Waals surface area contributed by atoms with Crippen molar-refractivity contribution in [2.75, 3.05) is 13.7 Å². The number of hydrogen-bond acceptors (Lipinski definition) is 3. The average molecular weight is 148 g/mol. The molecule has 0 bridgehead atoms. The van der Waals surface area contributed by atoms with Gasteiger partial charge in [0, 0.05) is 13.7 Å². The molecule has 0 aliphatic rings. The molecule has 3 nitrogen and oxygen atoms in total. The van der Waals surface area contributed by atoms with Gasteiger partial charge in [-0.05, 0) is 20.8 Å². The molecule has 0 aromatic rings. The molecule has 2 atom stereocenters. The smallest absolute Gasteiger partial charge is 0.188 e. The van der Waals surface area contributed by atoms with Crippen molar-refractivity contribution < 1.29 is 14.6 Å². The molecule has 0 aromatic heterocycles. The Morgan fingerprint density at radius 3 is 2.40 bits per heavy atom. The summed E-state index contributed by atoms with van der Waals surface area (Å²) in [5.74, 6) is -1.16. The van der Waals surface area contributed by atoms with E-state index < -0.39 is 5.79 Å². The molecule has 0 spiro atoms. The Hall–Kier alpha value is -0.120. The van der Waals surface area contributed by atoms with Gasteiger partial charge in [0.1, 0.15) is 6.10 Å². The maximum absolute atomic E-state index is 9.44. The molecule has 10 heavy (non-hydrogen) atoms. The largest absolute Gasteiger partial charge is 0.376 e. The summed E-state index contributed by atoms with van der Waals surface area (Å²) in [7, 11) is 1.54. The zero-order chi connectivity index (χ0) is 8.20. The van der Waals surface area contributed by atoms with E-state index in [1.165, 1.54) is 7.11 Å². The fourth-order valence-corrected chi connectivity index (χ4v) is 0.628. The third-order valence-electron chi connectivity index (χ3n) is 1.54. The van der Waals surface area contributed by atoms with E-state index in [2.05, 4.69) is 0 Å². The van der Waals surface area contributed by atoms with Crippen LogP contribution in [0.2, 0.25) is 0 Å². The Bertz CT molecular complexity index is 90.9. The van der Waals surface area contributed by atoms with Gasteiger partial charge in [0.05, 0.1) is 0 Å². The minimum atomic E-state index is -1.16. The third kappa shape index (κ3) is 2.64. The van der Waals surface area contributed by atoms with Gasteiger partial charge in [-0.25, -0.2) is 0 Å². The number of ether oxygens (including phenoxy) is 2. The summed E-state index contributed by atoms with van der Waals surface area (Å²) in [6.45, 7) is 5.66. The molecule has 0 aliphatic heterocycles. The van der Waals surface area contributed by atoms with Crippen LogP contribution in [0.15, 0.2) is 0 Å². The lowest BCUT2D eigenvalue weighted by molar-refractivity contribution is -0.243. The highest BCUT2D eigenvalue weighted by atomic mass is 16.6. The summed E-state index contributed by atoms with van der Waals surface area (Å²) >= 11 is 0. The molecule has 0 saturated carbocycles. The lowest BCUT2D eigenvalue weighted by atomic mass is 10.2. The third-order valence-corrected chi connectivity index (χ3v) is 1.54. The fraction of sp³-hybridized carbons (Fsp3) is 1.00. The highest BCUT2D eigenvalue weighted by Gasteiger charge is 2.28. The van der Waals surface area contributed by atoms with Crippen LogP contribution in [0.1, 0.15) is 20.8 Å². The normalized spacial score (nSPS) is 20.1. The zero-order valence-electron chi connectivity index (χ0n) is 7.05. The summed E-state index contributed by atoms with van der Waals surface area (Å²) in [5.41, 5.74) is 0. The molecule has 1 N–H and O–H groups in total. The predicted molar refractivity (Wildman–Crippen MR) is 38.7 cm³/mol. The molecular weight excluding hydrogens is 132 g/mol. The van der Waals surface area contributed by atoms with E-state index in [9.17, 15) is 5.11 Å². The molecule has 0 saturated heterocycles. The van der Waals surface area contributed by atoms with E-state index in [0.29, 0.717) is 6.61 Å². The SMILES string of the molecule is CCOC(C)(O)C(C)OC. The van der Waals surface area contributed by atoms with Crippen molar-refractivity contribution in [3.63, 3.8) is 0 Å². The van der Waals surface area contributed by atoms with Crippen molar-refractivity contribution in [2.24, 2.45) is 0 Å². The van der Waals surface area contributed by atoms with E-state index >= 15 is 0 Å². The first-order valence-electron chi connectivity index (χ1n) is 3.43. The predicted octanol–water partition coefficient (Wildman–Crippen LogP) is 0.766. The van der Waals surface area contributed by atoms with Crippen molar-refractivity contribution in [1.82, 2.24) is 0 Å². The Labute approximate surface area is 62.0 Å². The Morgan fingerprint density at radius 1 is 1.60 bits per heavy atom. The Morgan fingerprint density at radius 2 is 2.10 bits per heavy atom. The molecule has 0 heterocycles. The molecule has 0 radical (unpaired) electrons. The van der Waals surface area contributed by atoms with Crippen LogP contribution in [0.4, 0.5) is 0 Å². The topological polar surface area (TPSA) is 38.7 Å². The van der Waals surface area contributed by atoms with Crippen molar-refractivity contribution in [3.8, 4) is 0 Å². The van der Waals surface area contributed by atoms with Gasteiger partial charge in [0.2, 0.25) is 0 Å². The van der Waals surface area contributed by atoms with E-state index in [4.69, 9.17) is 9.47 Å². The van der Waals surface area contributed by atoms with Crippen LogP contribution in [0.25, 0.3) is 0 Å². The van der Waals surface area contributed by atoms with Gasteiger partial charge in [0.15, 0.2) is 5.79 Å². The highest BCUT2D eigenvalue weighted by Crippen LogP contribution is 2.13. The summed E-state index contributed by atoms with van der Waals surface area (Å²) in [6.07, 6.45) is -0.299. The lowest BCUT2D eigenvalue weighted by Crippen LogP contribution is -2.41. The van der Waals surface area contributed by atoms with Crippen LogP contribution in [0.5, 0.6) is 0 Å². The second-order valence-electron chi connectivity index (χ2n) is 2.37. The van der Waals surface area contributed by atoms with Crippen molar-refractivity contribution in [3.05, 3.63) is 0 Å². The maximum atomic E-state index is 9.44. The number of aliphatic hydroxyl groups is 1. The monoisotopic (exact) mass is 148 g/mol. The Balaban J connectivity index is 3.82. The van der Waals surface area contributed by atoms with Crippen molar-refractivity contribution in [2.45, 2.75) is 32.7 Å². The molecule has 0 amide bonds. The standard InChI is InChI=1S/C7H16O3/c1-5-10-7(3,8)6(2)9-4/h6,8H,5H2,1-4H3. The van der Waals surface area contributed by atoms with Gasteiger partial charge >= 0.3 is 0 Å². The minimum Gasteiger partial charge on any atom is -0.376 e. The maximum Gasteiger partial charge on any atom is 0.188 e. The van der Waals surface area contributed by atoms with Gasteiger partial charge in [-0.2, -0.15) is 0 Å². The summed E-state index contributed by atoms with van der Waals surface area (Å²) in [5, 5.41) is 9.44. The number of methoxy groups -OCH3 is 1. The minimum absolute atomic E-state index is 0.299. The van der Waals surface area contributed by atoms with Crippen LogP contribution in [0.3, 0.4) is 0 Å². The second kappa shape index (κ2) is 3.91. The molecule has 0 fully saturated rings. The quantitative estimate of drug-likeness (QED) is 0.598. The first-order chi connectivity index (χ1) is 4.54. The van der Waals surface area contributed by atoms with Gasteiger partial charge in [0.25, 0.3) is 0 Å². The fourth-order valence-electron chi connectivity index (χ4n) is 0.628. The van der Waals surface area contributed by atoms with Gasteiger partial charge in [-0.1, -0.05) is 0 Å².